The highest BCUT2D eigenvalue weighted by molar-refractivity contribution is 7.16. The van der Waals surface area contributed by atoms with Gasteiger partial charge in [-0.3, -0.25) is 4.79 Å². The number of fused-ring (bicyclic) bond motifs is 1. The Labute approximate surface area is 157 Å². The Morgan fingerprint density at radius 1 is 1.35 bits per heavy atom. The van der Waals surface area contributed by atoms with Gasteiger partial charge in [0.1, 0.15) is 11.1 Å². The molecule has 5 nitrogen and oxygen atoms in total. The van der Waals surface area contributed by atoms with Crippen LogP contribution in [0.2, 0.25) is 0 Å². The molecule has 1 atom stereocenters. The maximum absolute atomic E-state index is 12.3. The van der Waals surface area contributed by atoms with E-state index in [4.69, 9.17) is 9.47 Å². The number of rotatable bonds is 6. The van der Waals surface area contributed by atoms with Gasteiger partial charge in [-0.1, -0.05) is 19.1 Å². The van der Waals surface area contributed by atoms with Crippen LogP contribution in [0.3, 0.4) is 0 Å². The van der Waals surface area contributed by atoms with Crippen molar-refractivity contribution >= 4 is 22.2 Å². The van der Waals surface area contributed by atoms with Gasteiger partial charge in [0, 0.05) is 4.88 Å². The van der Waals surface area contributed by atoms with E-state index in [0.29, 0.717) is 34.6 Å². The summed E-state index contributed by atoms with van der Waals surface area (Å²) in [5.41, 5.74) is 1.72. The number of nitriles is 1. The molecule has 3 rings (SSSR count). The SMILES string of the molecule is CCOc1ccccc1OCC(=O)Nc1sc2c(c1C#N)CC[C@@H](C)C2. The molecule has 1 N–H and O–H groups in total. The van der Waals surface area contributed by atoms with Crippen LogP contribution in [0.15, 0.2) is 24.3 Å². The summed E-state index contributed by atoms with van der Waals surface area (Å²) >= 11 is 1.52. The first-order valence-electron chi connectivity index (χ1n) is 8.81. The number of para-hydroxylation sites is 2. The molecule has 1 aromatic heterocycles. The molecule has 136 valence electrons. The lowest BCUT2D eigenvalue weighted by atomic mass is 9.89. The number of nitrogens with zero attached hydrogens (tertiary/aromatic N) is 1. The Kier molecular flexibility index (Phi) is 5.79. The fraction of sp³-hybridized carbons (Fsp3) is 0.400. The average Bonchev–Trinajstić information content (AvgIpc) is 2.97. The zero-order chi connectivity index (χ0) is 18.5. The van der Waals surface area contributed by atoms with Gasteiger partial charge in [0.25, 0.3) is 5.91 Å². The summed E-state index contributed by atoms with van der Waals surface area (Å²) in [6.45, 7) is 4.51. The molecule has 0 saturated heterocycles. The van der Waals surface area contributed by atoms with E-state index in [0.717, 1.165) is 24.8 Å². The number of amides is 1. The summed E-state index contributed by atoms with van der Waals surface area (Å²) in [4.78, 5) is 13.5. The molecule has 1 aliphatic carbocycles. The highest BCUT2D eigenvalue weighted by Crippen LogP contribution is 2.39. The van der Waals surface area contributed by atoms with Gasteiger partial charge in [0.05, 0.1) is 12.2 Å². The molecule has 0 bridgehead atoms. The number of hydrogen-bond acceptors (Lipinski definition) is 5. The second-order valence-corrected chi connectivity index (χ2v) is 7.49. The Balaban J connectivity index is 1.67. The molecule has 0 unspecified atom stereocenters. The van der Waals surface area contributed by atoms with Crippen molar-refractivity contribution in [1.29, 1.82) is 5.26 Å². The van der Waals surface area contributed by atoms with Gasteiger partial charge in [-0.2, -0.15) is 5.26 Å². The molecule has 0 fully saturated rings. The highest BCUT2D eigenvalue weighted by Gasteiger charge is 2.24. The number of nitrogens with one attached hydrogen (secondary N) is 1. The number of thiophene rings is 1. The third-order valence-electron chi connectivity index (χ3n) is 4.38. The number of benzene rings is 1. The van der Waals surface area contributed by atoms with E-state index in [1.165, 1.54) is 16.2 Å². The van der Waals surface area contributed by atoms with Crippen molar-refractivity contribution in [2.45, 2.75) is 33.1 Å². The van der Waals surface area contributed by atoms with E-state index in [-0.39, 0.29) is 12.5 Å². The van der Waals surface area contributed by atoms with Crippen LogP contribution in [-0.4, -0.2) is 19.1 Å². The van der Waals surface area contributed by atoms with Crippen LogP contribution in [0.25, 0.3) is 0 Å². The van der Waals surface area contributed by atoms with E-state index in [2.05, 4.69) is 18.3 Å². The minimum Gasteiger partial charge on any atom is -0.490 e. The largest absolute Gasteiger partial charge is 0.490 e. The Morgan fingerprint density at radius 3 is 2.77 bits per heavy atom. The van der Waals surface area contributed by atoms with E-state index in [1.807, 2.05) is 19.1 Å². The molecule has 1 amide bonds. The van der Waals surface area contributed by atoms with Crippen LogP contribution in [0.5, 0.6) is 11.5 Å². The molecule has 6 heteroatoms. The van der Waals surface area contributed by atoms with Crippen LogP contribution in [-0.2, 0) is 17.6 Å². The van der Waals surface area contributed by atoms with Crippen LogP contribution in [0, 0.1) is 17.2 Å². The summed E-state index contributed by atoms with van der Waals surface area (Å²) in [5, 5.41) is 13.0. The Hall–Kier alpha value is -2.52. The predicted molar refractivity (Wildman–Crippen MR) is 102 cm³/mol. The van der Waals surface area contributed by atoms with Crippen LogP contribution in [0.4, 0.5) is 5.00 Å². The van der Waals surface area contributed by atoms with Gasteiger partial charge in [-0.15, -0.1) is 11.3 Å². The molecular weight excluding hydrogens is 348 g/mol. The van der Waals surface area contributed by atoms with E-state index in [1.54, 1.807) is 12.1 Å². The van der Waals surface area contributed by atoms with Gasteiger partial charge in [-0.25, -0.2) is 0 Å². The van der Waals surface area contributed by atoms with E-state index < -0.39 is 0 Å². The van der Waals surface area contributed by atoms with E-state index >= 15 is 0 Å². The fourth-order valence-electron chi connectivity index (χ4n) is 3.11. The van der Waals surface area contributed by atoms with Crippen molar-refractivity contribution in [3.63, 3.8) is 0 Å². The fourth-order valence-corrected chi connectivity index (χ4v) is 4.48. The number of anilines is 1. The molecular formula is C20H22N2O3S. The lowest BCUT2D eigenvalue weighted by Crippen LogP contribution is -2.20. The molecule has 1 heterocycles. The van der Waals surface area contributed by atoms with Gasteiger partial charge in [0.15, 0.2) is 18.1 Å². The maximum Gasteiger partial charge on any atom is 0.262 e. The molecule has 0 aliphatic heterocycles. The number of carbonyl (C=O) groups is 1. The molecule has 0 spiro atoms. The zero-order valence-corrected chi connectivity index (χ0v) is 15.8. The topological polar surface area (TPSA) is 71.3 Å². The minimum atomic E-state index is -0.278. The first-order chi connectivity index (χ1) is 12.6. The molecule has 26 heavy (non-hydrogen) atoms. The number of ether oxygens (including phenoxy) is 2. The third kappa shape index (κ3) is 4.00. The van der Waals surface area contributed by atoms with Crippen molar-refractivity contribution < 1.29 is 14.3 Å². The zero-order valence-electron chi connectivity index (χ0n) is 15.0. The average molecular weight is 370 g/mol. The first kappa shape index (κ1) is 18.3. The van der Waals surface area contributed by atoms with Gasteiger partial charge >= 0.3 is 0 Å². The number of hydrogen-bond donors (Lipinski definition) is 1. The minimum absolute atomic E-state index is 0.131. The van der Waals surface area contributed by atoms with Gasteiger partial charge < -0.3 is 14.8 Å². The smallest absolute Gasteiger partial charge is 0.262 e. The Morgan fingerprint density at radius 2 is 2.08 bits per heavy atom. The summed E-state index contributed by atoms with van der Waals surface area (Å²) in [7, 11) is 0. The van der Waals surface area contributed by atoms with Crippen LogP contribution < -0.4 is 14.8 Å². The highest BCUT2D eigenvalue weighted by atomic mass is 32.1. The lowest BCUT2D eigenvalue weighted by Gasteiger charge is -2.17. The first-order valence-corrected chi connectivity index (χ1v) is 9.63. The molecule has 0 saturated carbocycles. The molecule has 1 aliphatic rings. The van der Waals surface area contributed by atoms with Crippen molar-refractivity contribution in [1.82, 2.24) is 0 Å². The van der Waals surface area contributed by atoms with Crippen LogP contribution >= 0.6 is 11.3 Å². The Bertz CT molecular complexity index is 838. The number of carbonyl (C=O) groups excluding carboxylic acids is 1. The van der Waals surface area contributed by atoms with Crippen molar-refractivity contribution in [3.8, 4) is 17.6 Å². The van der Waals surface area contributed by atoms with E-state index in [9.17, 15) is 10.1 Å². The second-order valence-electron chi connectivity index (χ2n) is 6.38. The van der Waals surface area contributed by atoms with Crippen LogP contribution in [0.1, 0.15) is 36.3 Å². The molecule has 2 aromatic rings. The predicted octanol–water partition coefficient (Wildman–Crippen LogP) is 4.16. The summed E-state index contributed by atoms with van der Waals surface area (Å²) in [6, 6.07) is 9.52. The van der Waals surface area contributed by atoms with Crippen molar-refractivity contribution in [3.05, 3.63) is 40.3 Å². The molecule has 0 radical (unpaired) electrons. The standard InChI is InChI=1S/C20H22N2O3S/c1-3-24-16-6-4-5-7-17(16)25-12-19(23)22-20-15(11-21)14-9-8-13(2)10-18(14)26-20/h4-7,13H,3,8-10,12H2,1-2H3,(H,22,23)/t13-/m1/s1. The van der Waals surface area contributed by atoms with Crippen molar-refractivity contribution in [2.24, 2.45) is 5.92 Å². The normalized spacial score (nSPS) is 15.7. The quantitative estimate of drug-likeness (QED) is 0.829. The second kappa shape index (κ2) is 8.24. The third-order valence-corrected chi connectivity index (χ3v) is 5.55. The maximum atomic E-state index is 12.3. The lowest BCUT2D eigenvalue weighted by molar-refractivity contribution is -0.118. The summed E-state index contributed by atoms with van der Waals surface area (Å²) in [6.07, 6.45) is 2.97. The summed E-state index contributed by atoms with van der Waals surface area (Å²) in [5.74, 6) is 1.49. The van der Waals surface area contributed by atoms with Gasteiger partial charge in [0.2, 0.25) is 0 Å². The van der Waals surface area contributed by atoms with Gasteiger partial charge in [-0.05, 0) is 49.8 Å². The monoisotopic (exact) mass is 370 g/mol. The molecule has 1 aromatic carbocycles. The van der Waals surface area contributed by atoms with Crippen molar-refractivity contribution in [2.75, 3.05) is 18.5 Å². The summed E-state index contributed by atoms with van der Waals surface area (Å²) < 4.78 is 11.1.